The predicted octanol–water partition coefficient (Wildman–Crippen LogP) is 2.62. The SMILES string of the molecule is CCCCNC(=O)N(CC)CCCC. The van der Waals surface area contributed by atoms with Gasteiger partial charge < -0.3 is 10.2 Å². The molecule has 0 aliphatic heterocycles. The van der Waals surface area contributed by atoms with E-state index in [0.29, 0.717) is 0 Å². The fraction of sp³-hybridized carbons (Fsp3) is 0.909. The zero-order chi connectivity index (χ0) is 10.8. The van der Waals surface area contributed by atoms with Crippen LogP contribution in [0.1, 0.15) is 46.5 Å². The van der Waals surface area contributed by atoms with Gasteiger partial charge in [0.05, 0.1) is 0 Å². The van der Waals surface area contributed by atoms with Gasteiger partial charge in [0, 0.05) is 19.6 Å². The van der Waals surface area contributed by atoms with Crippen molar-refractivity contribution in [3.63, 3.8) is 0 Å². The topological polar surface area (TPSA) is 32.3 Å². The van der Waals surface area contributed by atoms with E-state index in [9.17, 15) is 4.79 Å². The number of nitrogens with one attached hydrogen (secondary N) is 1. The molecule has 0 aromatic carbocycles. The van der Waals surface area contributed by atoms with Gasteiger partial charge in [0.15, 0.2) is 0 Å². The second kappa shape index (κ2) is 8.85. The maximum atomic E-state index is 11.6. The Bertz CT molecular complexity index is 148. The molecule has 1 N–H and O–H groups in total. The molecule has 0 atom stereocenters. The Balaban J connectivity index is 3.67. The van der Waals surface area contributed by atoms with Crippen LogP contribution in [0.15, 0.2) is 0 Å². The summed E-state index contributed by atoms with van der Waals surface area (Å²) in [7, 11) is 0. The molecule has 0 spiro atoms. The minimum Gasteiger partial charge on any atom is -0.338 e. The molecular weight excluding hydrogens is 176 g/mol. The lowest BCUT2D eigenvalue weighted by Gasteiger charge is -2.20. The fourth-order valence-electron chi connectivity index (χ4n) is 1.24. The van der Waals surface area contributed by atoms with Gasteiger partial charge in [-0.3, -0.25) is 0 Å². The first-order chi connectivity index (χ1) is 6.76. The van der Waals surface area contributed by atoms with E-state index in [1.807, 2.05) is 11.8 Å². The molecule has 0 aliphatic carbocycles. The van der Waals surface area contributed by atoms with E-state index < -0.39 is 0 Å². The van der Waals surface area contributed by atoms with Crippen LogP contribution in [0.2, 0.25) is 0 Å². The Labute approximate surface area is 87.9 Å². The smallest absolute Gasteiger partial charge is 0.317 e. The van der Waals surface area contributed by atoms with Gasteiger partial charge in [-0.1, -0.05) is 26.7 Å². The van der Waals surface area contributed by atoms with Crippen molar-refractivity contribution >= 4 is 6.03 Å². The van der Waals surface area contributed by atoms with Crippen molar-refractivity contribution in [1.82, 2.24) is 10.2 Å². The van der Waals surface area contributed by atoms with Crippen molar-refractivity contribution in [2.75, 3.05) is 19.6 Å². The van der Waals surface area contributed by atoms with Crippen LogP contribution in [-0.2, 0) is 0 Å². The van der Waals surface area contributed by atoms with E-state index in [-0.39, 0.29) is 6.03 Å². The molecule has 0 aromatic heterocycles. The zero-order valence-corrected chi connectivity index (χ0v) is 9.81. The highest BCUT2D eigenvalue weighted by molar-refractivity contribution is 5.74. The molecule has 0 aromatic rings. The Morgan fingerprint density at radius 1 is 1.14 bits per heavy atom. The van der Waals surface area contributed by atoms with Crippen LogP contribution in [0.3, 0.4) is 0 Å². The van der Waals surface area contributed by atoms with Gasteiger partial charge in [0.25, 0.3) is 0 Å². The molecule has 3 nitrogen and oxygen atoms in total. The van der Waals surface area contributed by atoms with Crippen molar-refractivity contribution in [2.24, 2.45) is 0 Å². The van der Waals surface area contributed by atoms with Crippen molar-refractivity contribution < 1.29 is 4.79 Å². The van der Waals surface area contributed by atoms with Crippen molar-refractivity contribution in [2.45, 2.75) is 46.5 Å². The van der Waals surface area contributed by atoms with E-state index in [4.69, 9.17) is 0 Å². The third-order valence-corrected chi connectivity index (χ3v) is 2.26. The Morgan fingerprint density at radius 3 is 2.29 bits per heavy atom. The Kier molecular flexibility index (Phi) is 8.39. The summed E-state index contributed by atoms with van der Waals surface area (Å²) in [5.41, 5.74) is 0. The van der Waals surface area contributed by atoms with E-state index in [0.717, 1.165) is 45.3 Å². The van der Waals surface area contributed by atoms with Crippen LogP contribution < -0.4 is 5.32 Å². The first-order valence-corrected chi connectivity index (χ1v) is 5.79. The lowest BCUT2D eigenvalue weighted by molar-refractivity contribution is 0.199. The lowest BCUT2D eigenvalue weighted by Crippen LogP contribution is -2.40. The summed E-state index contributed by atoms with van der Waals surface area (Å²) in [5, 5.41) is 2.93. The van der Waals surface area contributed by atoms with Crippen LogP contribution >= 0.6 is 0 Å². The van der Waals surface area contributed by atoms with Gasteiger partial charge >= 0.3 is 6.03 Å². The molecule has 2 amide bonds. The lowest BCUT2D eigenvalue weighted by atomic mass is 10.3. The van der Waals surface area contributed by atoms with Gasteiger partial charge in [-0.2, -0.15) is 0 Å². The second-order valence-corrected chi connectivity index (χ2v) is 3.52. The summed E-state index contributed by atoms with van der Waals surface area (Å²) in [4.78, 5) is 13.4. The molecule has 3 heteroatoms. The normalized spacial score (nSPS) is 9.93. The van der Waals surface area contributed by atoms with Gasteiger partial charge in [0.2, 0.25) is 0 Å². The number of amides is 2. The van der Waals surface area contributed by atoms with E-state index in [1.165, 1.54) is 0 Å². The maximum absolute atomic E-state index is 11.6. The van der Waals surface area contributed by atoms with Crippen LogP contribution in [-0.4, -0.2) is 30.6 Å². The first-order valence-electron chi connectivity index (χ1n) is 5.79. The molecule has 0 unspecified atom stereocenters. The number of hydrogen-bond donors (Lipinski definition) is 1. The molecule has 0 fully saturated rings. The van der Waals surface area contributed by atoms with Crippen LogP contribution in [0.4, 0.5) is 4.79 Å². The molecule has 84 valence electrons. The maximum Gasteiger partial charge on any atom is 0.317 e. The molecule has 0 aliphatic rings. The first kappa shape index (κ1) is 13.3. The number of carbonyl (C=O) groups is 1. The third kappa shape index (κ3) is 5.84. The van der Waals surface area contributed by atoms with Gasteiger partial charge in [-0.15, -0.1) is 0 Å². The number of rotatable bonds is 7. The molecule has 0 saturated carbocycles. The molecule has 0 rings (SSSR count). The van der Waals surface area contributed by atoms with Crippen molar-refractivity contribution in [3.05, 3.63) is 0 Å². The summed E-state index contributed by atoms with van der Waals surface area (Å²) in [6.07, 6.45) is 4.42. The molecule has 0 radical (unpaired) electrons. The van der Waals surface area contributed by atoms with Crippen LogP contribution in [0, 0.1) is 0 Å². The highest BCUT2D eigenvalue weighted by Gasteiger charge is 2.08. The molecule has 14 heavy (non-hydrogen) atoms. The standard InChI is InChI=1S/C11H24N2O/c1-4-7-9-12-11(14)13(6-3)10-8-5-2/h4-10H2,1-3H3,(H,12,14). The summed E-state index contributed by atoms with van der Waals surface area (Å²) >= 11 is 0. The summed E-state index contributed by atoms with van der Waals surface area (Å²) < 4.78 is 0. The van der Waals surface area contributed by atoms with E-state index >= 15 is 0 Å². The summed E-state index contributed by atoms with van der Waals surface area (Å²) in [5.74, 6) is 0. The zero-order valence-electron chi connectivity index (χ0n) is 9.81. The molecule has 0 heterocycles. The van der Waals surface area contributed by atoms with Gasteiger partial charge in [0.1, 0.15) is 0 Å². The van der Waals surface area contributed by atoms with Crippen LogP contribution in [0.25, 0.3) is 0 Å². The van der Waals surface area contributed by atoms with Crippen molar-refractivity contribution in [1.29, 1.82) is 0 Å². The number of unbranched alkanes of at least 4 members (excludes halogenated alkanes) is 2. The number of hydrogen-bond acceptors (Lipinski definition) is 1. The predicted molar refractivity (Wildman–Crippen MR) is 60.5 cm³/mol. The fourth-order valence-corrected chi connectivity index (χ4v) is 1.24. The second-order valence-electron chi connectivity index (χ2n) is 3.52. The van der Waals surface area contributed by atoms with Gasteiger partial charge in [-0.05, 0) is 19.8 Å². The summed E-state index contributed by atoms with van der Waals surface area (Å²) in [6.45, 7) is 8.78. The Hall–Kier alpha value is -0.730. The minimum atomic E-state index is 0.0920. The average molecular weight is 200 g/mol. The third-order valence-electron chi connectivity index (χ3n) is 2.26. The van der Waals surface area contributed by atoms with E-state index in [2.05, 4.69) is 19.2 Å². The average Bonchev–Trinajstić information content (AvgIpc) is 2.19. The minimum absolute atomic E-state index is 0.0920. The quantitative estimate of drug-likeness (QED) is 0.629. The highest BCUT2D eigenvalue weighted by atomic mass is 16.2. The number of nitrogens with zero attached hydrogens (tertiary/aromatic N) is 1. The number of carbonyl (C=O) groups excluding carboxylic acids is 1. The largest absolute Gasteiger partial charge is 0.338 e. The highest BCUT2D eigenvalue weighted by Crippen LogP contribution is 1.95. The summed E-state index contributed by atoms with van der Waals surface area (Å²) in [6, 6.07) is 0.0920. The van der Waals surface area contributed by atoms with Gasteiger partial charge in [-0.25, -0.2) is 4.79 Å². The molecule has 0 bridgehead atoms. The molecular formula is C11H24N2O. The van der Waals surface area contributed by atoms with Crippen molar-refractivity contribution in [3.8, 4) is 0 Å². The monoisotopic (exact) mass is 200 g/mol. The molecule has 0 saturated heterocycles. The number of urea groups is 1. The van der Waals surface area contributed by atoms with Crippen LogP contribution in [0.5, 0.6) is 0 Å². The van der Waals surface area contributed by atoms with E-state index in [1.54, 1.807) is 0 Å². The Morgan fingerprint density at radius 2 is 1.79 bits per heavy atom.